The van der Waals surface area contributed by atoms with Gasteiger partial charge in [-0.15, -0.1) is 0 Å². The summed E-state index contributed by atoms with van der Waals surface area (Å²) in [4.78, 5) is 13.2. The lowest BCUT2D eigenvalue weighted by Gasteiger charge is -2.25. The zero-order chi connectivity index (χ0) is 35.6. The molecule has 12 nitrogen and oxygen atoms in total. The first-order valence-electron chi connectivity index (χ1n) is 14.6. The molecule has 0 unspecified atom stereocenters. The molecule has 0 N–H and O–H groups in total. The van der Waals surface area contributed by atoms with E-state index in [0.29, 0.717) is 45.6 Å². The molecule has 0 aliphatic rings. The van der Waals surface area contributed by atoms with E-state index in [2.05, 4.69) is 0 Å². The number of phosphoric acid groups is 1. The molecule has 0 saturated heterocycles. The molecule has 0 spiro atoms. The van der Waals surface area contributed by atoms with Crippen molar-refractivity contribution in [3.05, 3.63) is 82.9 Å². The van der Waals surface area contributed by atoms with Crippen LogP contribution in [0.3, 0.4) is 0 Å². The molecule has 4 rings (SSSR count). The van der Waals surface area contributed by atoms with E-state index in [9.17, 15) is 9.46 Å². The molecule has 0 bridgehead atoms. The number of rotatable bonds is 16. The van der Waals surface area contributed by atoms with Gasteiger partial charge in [-0.2, -0.15) is 0 Å². The largest absolute Gasteiger partial charge is 0.736 e. The molecule has 0 amide bonds. The Bertz CT molecular complexity index is 1690. The lowest BCUT2D eigenvalue weighted by molar-refractivity contribution is -0.208. The zero-order valence-corrected chi connectivity index (χ0v) is 29.3. The minimum atomic E-state index is -5.02. The van der Waals surface area contributed by atoms with Gasteiger partial charge in [0, 0.05) is 0 Å². The fraction of sp³-hybridized carbons (Fsp3) is 0.222. The Morgan fingerprint density at radius 3 is 0.980 bits per heavy atom. The first-order valence-corrected chi connectivity index (χ1v) is 16.1. The number of ether oxygens (including phenoxy) is 8. The van der Waals surface area contributed by atoms with Crippen LogP contribution in [0.2, 0.25) is 0 Å². The van der Waals surface area contributed by atoms with E-state index in [0.717, 1.165) is 11.1 Å². The Morgan fingerprint density at radius 2 is 0.694 bits per heavy atom. The molecule has 4 aromatic rings. The SMILES string of the molecule is COc1ccc(/C=C\c2cc(OC)c(OC)c(OC)c2)cc1OP(=O)([O-])Oc1cc(/C=C\c2cc(OC)c(OC)c(OC)c2)ccc1OC. The van der Waals surface area contributed by atoms with Gasteiger partial charge in [0.25, 0.3) is 0 Å². The van der Waals surface area contributed by atoms with Crippen molar-refractivity contribution in [3.63, 3.8) is 0 Å². The van der Waals surface area contributed by atoms with Crippen molar-refractivity contribution < 1.29 is 56.4 Å². The maximum atomic E-state index is 13.2. The molecule has 4 aromatic carbocycles. The normalized spacial score (nSPS) is 11.3. The lowest BCUT2D eigenvalue weighted by Crippen LogP contribution is -2.14. The molecule has 0 aliphatic carbocycles. The Labute approximate surface area is 285 Å². The number of methoxy groups -OCH3 is 8. The van der Waals surface area contributed by atoms with Gasteiger partial charge in [0.15, 0.2) is 46.0 Å². The highest BCUT2D eigenvalue weighted by molar-refractivity contribution is 7.46. The predicted molar refractivity (Wildman–Crippen MR) is 185 cm³/mol. The maximum absolute atomic E-state index is 13.2. The van der Waals surface area contributed by atoms with Crippen molar-refractivity contribution in [2.24, 2.45) is 0 Å². The molecule has 0 atom stereocenters. The highest BCUT2D eigenvalue weighted by Crippen LogP contribution is 2.47. The van der Waals surface area contributed by atoms with Crippen molar-refractivity contribution >= 4 is 32.1 Å². The minimum Gasteiger partial charge on any atom is -0.736 e. The van der Waals surface area contributed by atoms with Gasteiger partial charge < -0.3 is 51.8 Å². The lowest BCUT2D eigenvalue weighted by atomic mass is 10.1. The van der Waals surface area contributed by atoms with E-state index in [1.807, 2.05) is 0 Å². The fourth-order valence-corrected chi connectivity index (χ4v) is 5.58. The number of phosphoric ester groups is 1. The maximum Gasteiger partial charge on any atom is 0.372 e. The molecule has 0 fully saturated rings. The summed E-state index contributed by atoms with van der Waals surface area (Å²) in [6.07, 6.45) is 7.11. The van der Waals surface area contributed by atoms with Gasteiger partial charge in [0.1, 0.15) is 0 Å². The standard InChI is InChI=1S/C36H39O12P/c1-39-27-15-13-23(9-11-25-19-31(41-3)35(45-7)32(20-25)42-4)17-29(27)47-49(37,38)48-30-18-24(14-16-28(30)40-2)10-12-26-21-33(43-5)36(46-8)34(22-26)44-6/h9-22H,1-8H3,(H,37,38)/p-1/b11-9-,12-10-. The van der Waals surface area contributed by atoms with Gasteiger partial charge in [0.2, 0.25) is 11.5 Å². The van der Waals surface area contributed by atoms with Gasteiger partial charge in [0.05, 0.1) is 56.9 Å². The van der Waals surface area contributed by atoms with E-state index in [-0.39, 0.29) is 23.0 Å². The van der Waals surface area contributed by atoms with Crippen molar-refractivity contribution in [1.29, 1.82) is 0 Å². The highest BCUT2D eigenvalue weighted by atomic mass is 31.2. The second-order valence-electron chi connectivity index (χ2n) is 10.0. The van der Waals surface area contributed by atoms with Crippen molar-refractivity contribution in [2.45, 2.75) is 0 Å². The average molecular weight is 694 g/mol. The Hall–Kier alpha value is -5.45. The molecule has 0 saturated carbocycles. The summed E-state index contributed by atoms with van der Waals surface area (Å²) in [6, 6.07) is 16.8. The first-order chi connectivity index (χ1) is 23.6. The summed E-state index contributed by atoms with van der Waals surface area (Å²) in [5.74, 6) is 3.08. The molecule has 0 radical (unpaired) electrons. The van der Waals surface area contributed by atoms with Gasteiger partial charge in [-0.05, 0) is 70.8 Å². The minimum absolute atomic E-state index is 0.0784. The first kappa shape index (κ1) is 36.4. The molecule has 0 aliphatic heterocycles. The number of hydrogen-bond acceptors (Lipinski definition) is 12. The van der Waals surface area contributed by atoms with Crippen LogP contribution < -0.4 is 51.8 Å². The van der Waals surface area contributed by atoms with Crippen LogP contribution in [0, 0.1) is 0 Å². The van der Waals surface area contributed by atoms with E-state index in [1.165, 1.54) is 69.0 Å². The Balaban J connectivity index is 1.58. The fourth-order valence-electron chi connectivity index (χ4n) is 4.78. The molecule has 0 aromatic heterocycles. The van der Waals surface area contributed by atoms with Crippen molar-refractivity contribution in [1.82, 2.24) is 0 Å². The van der Waals surface area contributed by atoms with Crippen LogP contribution in [0.5, 0.6) is 57.5 Å². The summed E-state index contributed by atoms with van der Waals surface area (Å²) in [6.45, 7) is 0. The van der Waals surface area contributed by atoms with Crippen LogP contribution >= 0.6 is 7.82 Å². The van der Waals surface area contributed by atoms with E-state index < -0.39 is 7.82 Å². The van der Waals surface area contributed by atoms with Crippen LogP contribution in [0.4, 0.5) is 0 Å². The van der Waals surface area contributed by atoms with E-state index in [1.54, 1.807) is 72.8 Å². The molecule has 0 heterocycles. The van der Waals surface area contributed by atoms with Crippen LogP contribution in [0.1, 0.15) is 22.3 Å². The molecular formula is C36H38O12P-. The number of hydrogen-bond donors (Lipinski definition) is 0. The Kier molecular flexibility index (Phi) is 12.3. The molecular weight excluding hydrogens is 655 g/mol. The highest BCUT2D eigenvalue weighted by Gasteiger charge is 2.20. The van der Waals surface area contributed by atoms with Crippen LogP contribution in [-0.2, 0) is 4.57 Å². The molecule has 49 heavy (non-hydrogen) atoms. The van der Waals surface area contributed by atoms with Crippen LogP contribution in [-0.4, -0.2) is 56.9 Å². The predicted octanol–water partition coefficient (Wildman–Crippen LogP) is 7.02. The third-order valence-corrected chi connectivity index (χ3v) is 7.95. The summed E-state index contributed by atoms with van der Waals surface area (Å²) >= 11 is 0. The van der Waals surface area contributed by atoms with Crippen molar-refractivity contribution in [2.75, 3.05) is 56.9 Å². The zero-order valence-electron chi connectivity index (χ0n) is 28.4. The van der Waals surface area contributed by atoms with Gasteiger partial charge in [-0.1, -0.05) is 36.4 Å². The van der Waals surface area contributed by atoms with E-state index in [4.69, 9.17) is 46.9 Å². The van der Waals surface area contributed by atoms with Gasteiger partial charge >= 0.3 is 7.82 Å². The summed E-state index contributed by atoms with van der Waals surface area (Å²) in [5.41, 5.74) is 2.72. The van der Waals surface area contributed by atoms with E-state index >= 15 is 0 Å². The van der Waals surface area contributed by atoms with Crippen LogP contribution in [0.25, 0.3) is 24.3 Å². The molecule has 13 heteroatoms. The van der Waals surface area contributed by atoms with Crippen LogP contribution in [0.15, 0.2) is 60.7 Å². The summed E-state index contributed by atoms with van der Waals surface area (Å²) in [7, 11) is 6.94. The van der Waals surface area contributed by atoms with Crippen molar-refractivity contribution in [3.8, 4) is 57.5 Å². The second-order valence-corrected chi connectivity index (χ2v) is 11.3. The topological polar surface area (TPSA) is 132 Å². The second kappa shape index (κ2) is 16.6. The quantitative estimate of drug-likeness (QED) is 0.0882. The monoisotopic (exact) mass is 693 g/mol. The smallest absolute Gasteiger partial charge is 0.372 e. The number of benzene rings is 4. The average Bonchev–Trinajstić information content (AvgIpc) is 3.11. The van der Waals surface area contributed by atoms with Gasteiger partial charge in [-0.25, -0.2) is 4.57 Å². The van der Waals surface area contributed by atoms with Gasteiger partial charge in [-0.3, -0.25) is 0 Å². The summed E-state index contributed by atoms with van der Waals surface area (Å²) < 4.78 is 67.3. The molecule has 260 valence electrons. The summed E-state index contributed by atoms with van der Waals surface area (Å²) in [5, 5.41) is 0. The third kappa shape index (κ3) is 8.92. The Morgan fingerprint density at radius 1 is 0.408 bits per heavy atom. The third-order valence-electron chi connectivity index (χ3n) is 7.11.